The molecule has 0 radical (unpaired) electrons. The summed E-state index contributed by atoms with van der Waals surface area (Å²) in [6, 6.07) is 15.1. The van der Waals surface area contributed by atoms with Crippen LogP contribution in [0.1, 0.15) is 11.3 Å². The van der Waals surface area contributed by atoms with Gasteiger partial charge in [-0.15, -0.1) is 0 Å². The summed E-state index contributed by atoms with van der Waals surface area (Å²) in [7, 11) is -1.49. The zero-order valence-electron chi connectivity index (χ0n) is 14.7. The van der Waals surface area contributed by atoms with E-state index < -0.39 is 7.12 Å². The zero-order chi connectivity index (χ0) is 18.8. The molecule has 0 unspecified atom stereocenters. The van der Waals surface area contributed by atoms with Crippen molar-refractivity contribution in [3.05, 3.63) is 66.1 Å². The Morgan fingerprint density at radius 3 is 2.78 bits per heavy atom. The number of aromatic amines is 1. The number of para-hydroxylation sites is 1. The van der Waals surface area contributed by atoms with E-state index in [-0.39, 0.29) is 0 Å². The number of rotatable bonds is 5. The fourth-order valence-corrected chi connectivity index (χ4v) is 3.11. The van der Waals surface area contributed by atoms with Gasteiger partial charge >= 0.3 is 7.12 Å². The highest BCUT2D eigenvalue weighted by Crippen LogP contribution is 2.29. The van der Waals surface area contributed by atoms with Gasteiger partial charge in [-0.25, -0.2) is 9.97 Å². The predicted octanol–water partition coefficient (Wildman–Crippen LogP) is 1.62. The van der Waals surface area contributed by atoms with Crippen LogP contribution in [0.4, 0.5) is 5.95 Å². The fraction of sp³-hybridized carbons (Fsp3) is 0.105. The van der Waals surface area contributed by atoms with Gasteiger partial charge in [0.1, 0.15) is 6.33 Å². The van der Waals surface area contributed by atoms with Gasteiger partial charge < -0.3 is 20.3 Å². The molecule has 4 N–H and O–H groups in total. The lowest BCUT2D eigenvalue weighted by Gasteiger charge is -2.08. The molecule has 27 heavy (non-hydrogen) atoms. The van der Waals surface area contributed by atoms with Crippen molar-refractivity contribution in [3.63, 3.8) is 0 Å². The maximum atomic E-state index is 9.29. The molecule has 0 aliphatic carbocycles. The molecule has 2 aromatic heterocycles. The number of nitrogens with one attached hydrogen (secondary N) is 2. The molecule has 0 amide bonds. The Balaban J connectivity index is 1.60. The Hall–Kier alpha value is -3.23. The predicted molar refractivity (Wildman–Crippen MR) is 105 cm³/mol. The van der Waals surface area contributed by atoms with Gasteiger partial charge in [0.2, 0.25) is 5.95 Å². The molecule has 8 heteroatoms. The number of H-pyrrole nitrogens is 1. The second-order valence-electron chi connectivity index (χ2n) is 6.28. The first kappa shape index (κ1) is 17.2. The topological polar surface area (TPSA) is 107 Å². The average Bonchev–Trinajstić information content (AvgIpc) is 3.02. The van der Waals surface area contributed by atoms with Gasteiger partial charge in [0, 0.05) is 28.7 Å². The lowest BCUT2D eigenvalue weighted by atomic mass is 9.80. The summed E-state index contributed by atoms with van der Waals surface area (Å²) in [5.41, 5.74) is 4.34. The third-order valence-electron chi connectivity index (χ3n) is 4.39. The molecule has 0 aliphatic heterocycles. The van der Waals surface area contributed by atoms with E-state index in [4.69, 9.17) is 0 Å². The van der Waals surface area contributed by atoms with Gasteiger partial charge in [-0.2, -0.15) is 4.98 Å². The highest BCUT2D eigenvalue weighted by atomic mass is 16.4. The maximum Gasteiger partial charge on any atom is 0.488 e. The Kier molecular flexibility index (Phi) is 4.58. The van der Waals surface area contributed by atoms with Gasteiger partial charge in [0.15, 0.2) is 5.82 Å². The van der Waals surface area contributed by atoms with Gasteiger partial charge in [-0.3, -0.25) is 0 Å². The summed E-state index contributed by atoms with van der Waals surface area (Å²) >= 11 is 0. The van der Waals surface area contributed by atoms with Crippen molar-refractivity contribution < 1.29 is 10.0 Å². The standard InChI is InChI=1S/C19H18BN5O2/c1-12-17(15-7-2-3-8-16(15)24-12)18-22-11-23-19(25-18)21-10-13-5-4-6-14(9-13)20(26)27/h2-9,11,24,26-27H,10H2,1H3,(H,21,22,23,25). The molecule has 0 bridgehead atoms. The van der Waals surface area contributed by atoms with Crippen LogP contribution in [0.25, 0.3) is 22.3 Å². The van der Waals surface area contributed by atoms with Crippen molar-refractivity contribution in [2.24, 2.45) is 0 Å². The molecule has 4 aromatic rings. The number of anilines is 1. The molecular weight excluding hydrogens is 341 g/mol. The Labute approximate surface area is 156 Å². The second kappa shape index (κ2) is 7.18. The number of hydrogen-bond acceptors (Lipinski definition) is 6. The first-order chi connectivity index (χ1) is 13.1. The van der Waals surface area contributed by atoms with Crippen LogP contribution in [0.2, 0.25) is 0 Å². The molecule has 0 fully saturated rings. The molecule has 0 spiro atoms. The highest BCUT2D eigenvalue weighted by Gasteiger charge is 2.14. The molecule has 4 rings (SSSR count). The zero-order valence-corrected chi connectivity index (χ0v) is 14.7. The van der Waals surface area contributed by atoms with E-state index in [9.17, 15) is 10.0 Å². The quantitative estimate of drug-likeness (QED) is 0.404. The normalized spacial score (nSPS) is 10.9. The van der Waals surface area contributed by atoms with Gasteiger partial charge in [0.05, 0.1) is 0 Å². The smallest absolute Gasteiger partial charge is 0.423 e. The van der Waals surface area contributed by atoms with Crippen LogP contribution < -0.4 is 10.8 Å². The number of hydrogen-bond donors (Lipinski definition) is 4. The second-order valence-corrected chi connectivity index (χ2v) is 6.28. The fourth-order valence-electron chi connectivity index (χ4n) is 3.11. The third-order valence-corrected chi connectivity index (χ3v) is 4.39. The lowest BCUT2D eigenvalue weighted by Crippen LogP contribution is -2.30. The first-order valence-electron chi connectivity index (χ1n) is 8.57. The molecule has 0 saturated heterocycles. The van der Waals surface area contributed by atoms with Crippen molar-refractivity contribution in [1.82, 2.24) is 19.9 Å². The van der Waals surface area contributed by atoms with Crippen LogP contribution in [-0.4, -0.2) is 37.1 Å². The molecule has 2 aromatic carbocycles. The van der Waals surface area contributed by atoms with E-state index in [1.165, 1.54) is 6.33 Å². The first-order valence-corrected chi connectivity index (χ1v) is 8.57. The van der Waals surface area contributed by atoms with E-state index in [0.717, 1.165) is 27.7 Å². The number of nitrogens with zero attached hydrogens (tertiary/aromatic N) is 3. The summed E-state index contributed by atoms with van der Waals surface area (Å²) in [6.45, 7) is 2.45. The minimum Gasteiger partial charge on any atom is -0.423 e. The van der Waals surface area contributed by atoms with Crippen molar-refractivity contribution in [3.8, 4) is 11.4 Å². The number of fused-ring (bicyclic) bond motifs is 1. The molecular formula is C19H18BN5O2. The van der Waals surface area contributed by atoms with E-state index >= 15 is 0 Å². The monoisotopic (exact) mass is 359 g/mol. The van der Waals surface area contributed by atoms with Gasteiger partial charge in [0.25, 0.3) is 0 Å². The van der Waals surface area contributed by atoms with Crippen molar-refractivity contribution in [2.45, 2.75) is 13.5 Å². The summed E-state index contributed by atoms with van der Waals surface area (Å²) in [4.78, 5) is 16.4. The van der Waals surface area contributed by atoms with Crippen LogP contribution in [0.3, 0.4) is 0 Å². The molecule has 0 atom stereocenters. The van der Waals surface area contributed by atoms with Crippen molar-refractivity contribution in [1.29, 1.82) is 0 Å². The van der Waals surface area contributed by atoms with E-state index in [0.29, 0.717) is 23.8 Å². The van der Waals surface area contributed by atoms with Crippen LogP contribution in [0, 0.1) is 6.92 Å². The average molecular weight is 359 g/mol. The van der Waals surface area contributed by atoms with Crippen LogP contribution in [-0.2, 0) is 6.54 Å². The van der Waals surface area contributed by atoms with Crippen LogP contribution >= 0.6 is 0 Å². The summed E-state index contributed by atoms with van der Waals surface area (Å²) in [5.74, 6) is 1.06. The maximum absolute atomic E-state index is 9.29. The molecule has 134 valence electrons. The Bertz CT molecular complexity index is 1100. The minimum atomic E-state index is -1.49. The van der Waals surface area contributed by atoms with Crippen molar-refractivity contribution >= 4 is 29.4 Å². The lowest BCUT2D eigenvalue weighted by molar-refractivity contribution is 0.425. The molecule has 2 heterocycles. The van der Waals surface area contributed by atoms with Crippen molar-refractivity contribution in [2.75, 3.05) is 5.32 Å². The highest BCUT2D eigenvalue weighted by molar-refractivity contribution is 6.58. The number of aromatic nitrogens is 4. The molecule has 0 aliphatic rings. The molecule has 0 saturated carbocycles. The van der Waals surface area contributed by atoms with Gasteiger partial charge in [-0.05, 0) is 24.0 Å². The Morgan fingerprint density at radius 2 is 1.93 bits per heavy atom. The van der Waals surface area contributed by atoms with E-state index in [1.54, 1.807) is 18.2 Å². The number of aryl methyl sites for hydroxylation is 1. The summed E-state index contributed by atoms with van der Waals surface area (Å²) in [5, 5.41) is 22.8. The largest absolute Gasteiger partial charge is 0.488 e. The summed E-state index contributed by atoms with van der Waals surface area (Å²) < 4.78 is 0. The van der Waals surface area contributed by atoms with Crippen LogP contribution in [0.15, 0.2) is 54.9 Å². The Morgan fingerprint density at radius 1 is 1.07 bits per heavy atom. The van der Waals surface area contributed by atoms with E-state index in [1.807, 2.05) is 37.3 Å². The minimum absolute atomic E-state index is 0.444. The summed E-state index contributed by atoms with van der Waals surface area (Å²) in [6.07, 6.45) is 1.49. The van der Waals surface area contributed by atoms with Gasteiger partial charge in [-0.1, -0.05) is 42.5 Å². The van der Waals surface area contributed by atoms with E-state index in [2.05, 4.69) is 25.3 Å². The third kappa shape index (κ3) is 3.53. The number of benzene rings is 2. The van der Waals surface area contributed by atoms with Crippen LogP contribution in [0.5, 0.6) is 0 Å². The molecule has 7 nitrogen and oxygen atoms in total. The SMILES string of the molecule is Cc1[nH]c2ccccc2c1-c1ncnc(NCc2cccc(B(O)O)c2)n1.